The molecule has 0 N–H and O–H groups in total. The second-order valence-electron chi connectivity index (χ2n) is 4.58. The first-order chi connectivity index (χ1) is 8.61. The van der Waals surface area contributed by atoms with Gasteiger partial charge in [-0.1, -0.05) is 41.4 Å². The zero-order chi connectivity index (χ0) is 13.1. The van der Waals surface area contributed by atoms with Crippen LogP contribution in [0.25, 0.3) is 0 Å². The molecule has 1 aliphatic rings. The summed E-state index contributed by atoms with van der Waals surface area (Å²) in [5, 5.41) is 0. The third-order valence-electron chi connectivity index (χ3n) is 3.11. The molecule has 3 nitrogen and oxygen atoms in total. The fourth-order valence-electron chi connectivity index (χ4n) is 2.14. The van der Waals surface area contributed by atoms with Gasteiger partial charge in [0.05, 0.1) is 11.1 Å². The van der Waals surface area contributed by atoms with Gasteiger partial charge in [-0.05, 0) is 25.0 Å². The van der Waals surface area contributed by atoms with E-state index >= 15 is 0 Å². The number of rotatable bonds is 5. The number of halogens is 1. The van der Waals surface area contributed by atoms with Crippen molar-refractivity contribution >= 4 is 27.7 Å². The Hall–Kier alpha value is -1.16. The first-order valence-corrected chi connectivity index (χ1v) is 7.12. The van der Waals surface area contributed by atoms with Crippen molar-refractivity contribution in [2.24, 2.45) is 0 Å². The van der Waals surface area contributed by atoms with Crippen molar-refractivity contribution in [2.75, 3.05) is 6.54 Å². The summed E-state index contributed by atoms with van der Waals surface area (Å²) < 4.78 is 0. The van der Waals surface area contributed by atoms with Crippen LogP contribution in [0.4, 0.5) is 0 Å². The predicted octanol–water partition coefficient (Wildman–Crippen LogP) is 3.24. The number of imide groups is 1. The Balaban J connectivity index is 1.97. The van der Waals surface area contributed by atoms with Crippen LogP contribution in [0, 0.1) is 0 Å². The van der Waals surface area contributed by atoms with E-state index in [1.807, 2.05) is 0 Å². The molecule has 0 bridgehead atoms. The van der Waals surface area contributed by atoms with E-state index in [1.165, 1.54) is 4.90 Å². The van der Waals surface area contributed by atoms with Crippen LogP contribution in [0.5, 0.6) is 0 Å². The first-order valence-electron chi connectivity index (χ1n) is 6.20. The fourth-order valence-corrected chi connectivity index (χ4v) is 2.46. The molecule has 4 heteroatoms. The van der Waals surface area contributed by atoms with Crippen LogP contribution in [-0.4, -0.2) is 28.1 Å². The molecule has 1 aliphatic heterocycles. The van der Waals surface area contributed by atoms with Crippen molar-refractivity contribution in [2.45, 2.75) is 31.0 Å². The van der Waals surface area contributed by atoms with Gasteiger partial charge in [-0.25, -0.2) is 0 Å². The molecule has 0 saturated carbocycles. The van der Waals surface area contributed by atoms with Gasteiger partial charge in [0.15, 0.2) is 0 Å². The molecule has 1 aromatic carbocycles. The Morgan fingerprint density at radius 2 is 1.67 bits per heavy atom. The van der Waals surface area contributed by atoms with Crippen LogP contribution in [-0.2, 0) is 0 Å². The highest BCUT2D eigenvalue weighted by Gasteiger charge is 2.34. The number of hydrogen-bond acceptors (Lipinski definition) is 2. The topological polar surface area (TPSA) is 37.4 Å². The minimum absolute atomic E-state index is 0.150. The van der Waals surface area contributed by atoms with E-state index in [4.69, 9.17) is 0 Å². The Morgan fingerprint density at radius 3 is 2.17 bits per heavy atom. The zero-order valence-electron chi connectivity index (χ0n) is 10.4. The van der Waals surface area contributed by atoms with Gasteiger partial charge < -0.3 is 0 Å². The van der Waals surface area contributed by atoms with E-state index in [9.17, 15) is 9.59 Å². The lowest BCUT2D eigenvalue weighted by atomic mass is 10.1. The number of alkyl halides is 1. The number of fused-ring (bicyclic) bond motifs is 1. The molecule has 0 aliphatic carbocycles. The molecule has 0 unspecified atom stereocenters. The molecular formula is C14H16BrNO2. The minimum Gasteiger partial charge on any atom is -0.274 e. The summed E-state index contributed by atoms with van der Waals surface area (Å²) in [5.41, 5.74) is 1.08. The largest absolute Gasteiger partial charge is 0.274 e. The standard InChI is InChI=1S/C14H16BrNO2/c1-10(15)6-4-5-9-16-13(17)11-7-2-3-8-12(11)14(16)18/h2-3,7-8,10H,4-6,9H2,1H3/t10-/m0/s1. The molecule has 0 spiro atoms. The molecule has 1 atom stereocenters. The molecule has 0 saturated heterocycles. The molecule has 0 aromatic heterocycles. The van der Waals surface area contributed by atoms with Crippen LogP contribution >= 0.6 is 15.9 Å². The van der Waals surface area contributed by atoms with Gasteiger partial charge in [0.25, 0.3) is 11.8 Å². The highest BCUT2D eigenvalue weighted by Crippen LogP contribution is 2.22. The molecule has 2 rings (SSSR count). The van der Waals surface area contributed by atoms with Gasteiger partial charge in [-0.3, -0.25) is 14.5 Å². The molecule has 1 aromatic rings. The summed E-state index contributed by atoms with van der Waals surface area (Å²) in [4.78, 5) is 25.9. The van der Waals surface area contributed by atoms with Gasteiger partial charge in [-0.2, -0.15) is 0 Å². The van der Waals surface area contributed by atoms with E-state index in [-0.39, 0.29) is 11.8 Å². The van der Waals surface area contributed by atoms with Crippen LogP contribution < -0.4 is 0 Å². The lowest BCUT2D eigenvalue weighted by molar-refractivity contribution is 0.0651. The molecule has 0 fully saturated rings. The smallest absolute Gasteiger partial charge is 0.261 e. The Labute approximate surface area is 115 Å². The molecule has 1 heterocycles. The summed E-state index contributed by atoms with van der Waals surface area (Å²) in [6.07, 6.45) is 2.93. The van der Waals surface area contributed by atoms with Gasteiger partial charge in [0, 0.05) is 11.4 Å². The van der Waals surface area contributed by atoms with E-state index in [0.29, 0.717) is 22.5 Å². The Kier molecular flexibility index (Phi) is 4.17. The van der Waals surface area contributed by atoms with Gasteiger partial charge in [0.1, 0.15) is 0 Å². The Bertz CT molecular complexity index is 436. The van der Waals surface area contributed by atoms with Crippen molar-refractivity contribution in [3.8, 4) is 0 Å². The Morgan fingerprint density at radius 1 is 1.11 bits per heavy atom. The predicted molar refractivity (Wildman–Crippen MR) is 74.0 cm³/mol. The summed E-state index contributed by atoms with van der Waals surface area (Å²) in [6.45, 7) is 2.62. The summed E-state index contributed by atoms with van der Waals surface area (Å²) in [7, 11) is 0. The number of unbranched alkanes of at least 4 members (excludes halogenated alkanes) is 1. The van der Waals surface area contributed by atoms with Crippen LogP contribution in [0.15, 0.2) is 24.3 Å². The third-order valence-corrected chi connectivity index (χ3v) is 3.57. The van der Waals surface area contributed by atoms with Crippen molar-refractivity contribution in [1.82, 2.24) is 4.90 Å². The number of nitrogens with zero attached hydrogens (tertiary/aromatic N) is 1. The molecule has 0 radical (unpaired) electrons. The van der Waals surface area contributed by atoms with Gasteiger partial charge >= 0.3 is 0 Å². The fraction of sp³-hybridized carbons (Fsp3) is 0.429. The molecule has 96 valence electrons. The summed E-state index contributed by atoms with van der Waals surface area (Å²) in [5.74, 6) is -0.301. The molecule has 18 heavy (non-hydrogen) atoms. The van der Waals surface area contributed by atoms with E-state index in [2.05, 4.69) is 22.9 Å². The number of benzene rings is 1. The van der Waals surface area contributed by atoms with Crippen molar-refractivity contribution in [1.29, 1.82) is 0 Å². The van der Waals surface area contributed by atoms with Crippen LogP contribution in [0.3, 0.4) is 0 Å². The first kappa shape index (κ1) is 13.3. The maximum absolute atomic E-state index is 12.0. The van der Waals surface area contributed by atoms with E-state index in [1.54, 1.807) is 24.3 Å². The van der Waals surface area contributed by atoms with Gasteiger partial charge in [0.2, 0.25) is 0 Å². The van der Waals surface area contributed by atoms with Crippen molar-refractivity contribution in [3.63, 3.8) is 0 Å². The number of carbonyl (C=O) groups excluding carboxylic acids is 2. The number of carbonyl (C=O) groups is 2. The number of hydrogen-bond donors (Lipinski definition) is 0. The zero-order valence-corrected chi connectivity index (χ0v) is 11.9. The average Bonchev–Trinajstić information content (AvgIpc) is 2.59. The monoisotopic (exact) mass is 309 g/mol. The second kappa shape index (κ2) is 5.65. The lowest BCUT2D eigenvalue weighted by Crippen LogP contribution is -2.30. The minimum atomic E-state index is -0.150. The maximum atomic E-state index is 12.0. The van der Waals surface area contributed by atoms with E-state index in [0.717, 1.165) is 19.3 Å². The lowest BCUT2D eigenvalue weighted by Gasteiger charge is -2.13. The quantitative estimate of drug-likeness (QED) is 0.476. The van der Waals surface area contributed by atoms with Crippen molar-refractivity contribution in [3.05, 3.63) is 35.4 Å². The van der Waals surface area contributed by atoms with Crippen molar-refractivity contribution < 1.29 is 9.59 Å². The van der Waals surface area contributed by atoms with Crippen LogP contribution in [0.2, 0.25) is 0 Å². The average molecular weight is 310 g/mol. The number of amides is 2. The SMILES string of the molecule is C[C@H](Br)CCCCN1C(=O)c2ccccc2C1=O. The van der Waals surface area contributed by atoms with Crippen LogP contribution in [0.1, 0.15) is 46.9 Å². The summed E-state index contributed by atoms with van der Waals surface area (Å²) in [6, 6.07) is 7.02. The van der Waals surface area contributed by atoms with E-state index < -0.39 is 0 Å². The van der Waals surface area contributed by atoms with Gasteiger partial charge in [-0.15, -0.1) is 0 Å². The molecule has 2 amide bonds. The highest BCUT2D eigenvalue weighted by atomic mass is 79.9. The third kappa shape index (κ3) is 2.64. The summed E-state index contributed by atoms with van der Waals surface area (Å²) >= 11 is 3.49. The second-order valence-corrected chi connectivity index (χ2v) is 6.15. The molecular weight excluding hydrogens is 294 g/mol. The normalized spacial score (nSPS) is 16.0. The highest BCUT2D eigenvalue weighted by molar-refractivity contribution is 9.09. The maximum Gasteiger partial charge on any atom is 0.261 e.